The number of nitrogens with two attached hydrogens (primary N) is 1. The maximum atomic E-state index is 13.2. The molecule has 4 heteroatoms. The minimum absolute atomic E-state index is 0.322. The maximum absolute atomic E-state index is 13.2. The monoisotopic (exact) mass is 245 g/mol. The Hall–Kier alpha value is -2.36. The van der Waals surface area contributed by atoms with Crippen molar-refractivity contribution in [2.24, 2.45) is 0 Å². The van der Waals surface area contributed by atoms with Gasteiger partial charge in [-0.25, -0.2) is 9.18 Å². The van der Waals surface area contributed by atoms with E-state index in [1.165, 1.54) is 25.3 Å². The second-order valence-electron chi connectivity index (χ2n) is 3.81. The van der Waals surface area contributed by atoms with Gasteiger partial charge in [0.1, 0.15) is 5.82 Å². The van der Waals surface area contributed by atoms with Crippen LogP contribution in [0, 0.1) is 5.82 Å². The van der Waals surface area contributed by atoms with Crippen molar-refractivity contribution in [2.75, 3.05) is 12.8 Å². The zero-order chi connectivity index (χ0) is 13.1. The van der Waals surface area contributed by atoms with E-state index >= 15 is 0 Å². The van der Waals surface area contributed by atoms with Gasteiger partial charge < -0.3 is 10.5 Å². The summed E-state index contributed by atoms with van der Waals surface area (Å²) in [6.45, 7) is 0. The summed E-state index contributed by atoms with van der Waals surface area (Å²) in [5, 5.41) is 0. The van der Waals surface area contributed by atoms with Crippen molar-refractivity contribution in [3.63, 3.8) is 0 Å². The largest absolute Gasteiger partial charge is 0.465 e. The van der Waals surface area contributed by atoms with E-state index < -0.39 is 5.97 Å². The minimum Gasteiger partial charge on any atom is -0.465 e. The highest BCUT2D eigenvalue weighted by atomic mass is 19.1. The summed E-state index contributed by atoms with van der Waals surface area (Å²) in [5.74, 6) is -0.860. The van der Waals surface area contributed by atoms with Gasteiger partial charge in [0.05, 0.1) is 12.7 Å². The first-order chi connectivity index (χ1) is 8.61. The Morgan fingerprint density at radius 2 is 2.00 bits per heavy atom. The number of methoxy groups -OCH3 is 1. The molecule has 0 aliphatic heterocycles. The maximum Gasteiger partial charge on any atom is 0.338 e. The highest BCUT2D eigenvalue weighted by Gasteiger charge is 2.13. The van der Waals surface area contributed by atoms with E-state index in [4.69, 9.17) is 10.5 Å². The van der Waals surface area contributed by atoms with E-state index in [2.05, 4.69) is 0 Å². The molecule has 92 valence electrons. The van der Waals surface area contributed by atoms with Gasteiger partial charge >= 0.3 is 5.97 Å². The number of carbonyl (C=O) groups is 1. The first-order valence-electron chi connectivity index (χ1n) is 5.35. The number of ether oxygens (including phenoxy) is 1. The number of esters is 1. The van der Waals surface area contributed by atoms with Crippen molar-refractivity contribution in [3.05, 3.63) is 53.8 Å². The molecule has 0 unspecified atom stereocenters. The molecule has 0 saturated carbocycles. The summed E-state index contributed by atoms with van der Waals surface area (Å²) in [5.41, 5.74) is 7.62. The first kappa shape index (κ1) is 12.1. The van der Waals surface area contributed by atoms with Crippen molar-refractivity contribution in [2.45, 2.75) is 0 Å². The SMILES string of the molecule is COC(=O)c1cc(N)ccc1-c1cccc(F)c1. The summed E-state index contributed by atoms with van der Waals surface area (Å²) in [7, 11) is 1.29. The Kier molecular flexibility index (Phi) is 3.28. The molecule has 0 aliphatic carbocycles. The number of nitrogen functional groups attached to an aromatic ring is 1. The zero-order valence-corrected chi connectivity index (χ0v) is 9.81. The molecule has 0 heterocycles. The van der Waals surface area contributed by atoms with Gasteiger partial charge in [-0.1, -0.05) is 18.2 Å². The van der Waals surface area contributed by atoms with E-state index in [1.807, 2.05) is 0 Å². The second-order valence-corrected chi connectivity index (χ2v) is 3.81. The molecule has 2 N–H and O–H groups in total. The quantitative estimate of drug-likeness (QED) is 0.653. The molecular weight excluding hydrogens is 233 g/mol. The molecule has 0 radical (unpaired) electrons. The molecule has 0 fully saturated rings. The summed E-state index contributed by atoms with van der Waals surface area (Å²) in [4.78, 5) is 11.7. The second kappa shape index (κ2) is 4.87. The Bertz CT molecular complexity index is 596. The number of halogens is 1. The summed E-state index contributed by atoms with van der Waals surface area (Å²) in [6, 6.07) is 10.9. The lowest BCUT2D eigenvalue weighted by Gasteiger charge is -2.09. The Balaban J connectivity index is 2.60. The summed E-state index contributed by atoms with van der Waals surface area (Å²) >= 11 is 0. The third-order valence-corrected chi connectivity index (χ3v) is 2.58. The van der Waals surface area contributed by atoms with Crippen LogP contribution in [0.5, 0.6) is 0 Å². The van der Waals surface area contributed by atoms with Crippen LogP contribution in [0.25, 0.3) is 11.1 Å². The lowest BCUT2D eigenvalue weighted by atomic mass is 9.99. The van der Waals surface area contributed by atoms with Crippen LogP contribution in [0.4, 0.5) is 10.1 Å². The van der Waals surface area contributed by atoms with Gasteiger partial charge in [0.15, 0.2) is 0 Å². The van der Waals surface area contributed by atoms with E-state index in [-0.39, 0.29) is 5.82 Å². The molecule has 0 bridgehead atoms. The predicted octanol–water partition coefficient (Wildman–Crippen LogP) is 2.86. The van der Waals surface area contributed by atoms with Crippen LogP contribution in [0.1, 0.15) is 10.4 Å². The first-order valence-corrected chi connectivity index (χ1v) is 5.35. The average molecular weight is 245 g/mol. The fraction of sp³-hybridized carbons (Fsp3) is 0.0714. The molecule has 0 saturated heterocycles. The standard InChI is InChI=1S/C14H12FNO2/c1-18-14(17)13-8-11(16)5-6-12(13)9-3-2-4-10(15)7-9/h2-8H,16H2,1H3. The van der Waals surface area contributed by atoms with Crippen molar-refractivity contribution < 1.29 is 13.9 Å². The zero-order valence-electron chi connectivity index (χ0n) is 9.81. The summed E-state index contributed by atoms with van der Waals surface area (Å²) in [6.07, 6.45) is 0. The third-order valence-electron chi connectivity index (χ3n) is 2.58. The number of hydrogen-bond acceptors (Lipinski definition) is 3. The number of benzene rings is 2. The predicted molar refractivity (Wildman–Crippen MR) is 67.6 cm³/mol. The molecule has 0 aliphatic rings. The van der Waals surface area contributed by atoms with Crippen LogP contribution in [-0.2, 0) is 4.74 Å². The number of anilines is 1. The molecule has 2 aromatic carbocycles. The van der Waals surface area contributed by atoms with Crippen LogP contribution in [0.3, 0.4) is 0 Å². The van der Waals surface area contributed by atoms with Crippen molar-refractivity contribution >= 4 is 11.7 Å². The van der Waals surface area contributed by atoms with Crippen LogP contribution in [0.15, 0.2) is 42.5 Å². The van der Waals surface area contributed by atoms with Crippen LogP contribution < -0.4 is 5.73 Å². The normalized spacial score (nSPS) is 10.1. The van der Waals surface area contributed by atoms with E-state index in [1.54, 1.807) is 24.3 Å². The Labute approximate surface area is 104 Å². The summed E-state index contributed by atoms with van der Waals surface area (Å²) < 4.78 is 17.9. The Morgan fingerprint density at radius 3 is 2.67 bits per heavy atom. The van der Waals surface area contributed by atoms with E-state index in [0.29, 0.717) is 22.4 Å². The molecule has 0 atom stereocenters. The lowest BCUT2D eigenvalue weighted by molar-refractivity contribution is 0.0601. The van der Waals surface area contributed by atoms with E-state index in [9.17, 15) is 9.18 Å². The highest BCUT2D eigenvalue weighted by molar-refractivity contribution is 5.98. The van der Waals surface area contributed by atoms with Gasteiger partial charge in [-0.2, -0.15) is 0 Å². The molecular formula is C14H12FNO2. The van der Waals surface area contributed by atoms with Gasteiger partial charge in [0, 0.05) is 5.69 Å². The van der Waals surface area contributed by atoms with Crippen molar-refractivity contribution in [1.82, 2.24) is 0 Å². The van der Waals surface area contributed by atoms with Crippen molar-refractivity contribution in [1.29, 1.82) is 0 Å². The lowest BCUT2D eigenvalue weighted by Crippen LogP contribution is -2.04. The van der Waals surface area contributed by atoms with Crippen LogP contribution in [0.2, 0.25) is 0 Å². The third kappa shape index (κ3) is 2.32. The van der Waals surface area contributed by atoms with Crippen LogP contribution >= 0.6 is 0 Å². The van der Waals surface area contributed by atoms with Gasteiger partial charge in [-0.05, 0) is 35.4 Å². The number of rotatable bonds is 2. The van der Waals surface area contributed by atoms with Gasteiger partial charge in [0.25, 0.3) is 0 Å². The fourth-order valence-electron chi connectivity index (χ4n) is 1.75. The van der Waals surface area contributed by atoms with Gasteiger partial charge in [-0.15, -0.1) is 0 Å². The number of hydrogen-bond donors (Lipinski definition) is 1. The van der Waals surface area contributed by atoms with Gasteiger partial charge in [0.2, 0.25) is 0 Å². The molecule has 2 rings (SSSR count). The topological polar surface area (TPSA) is 52.3 Å². The molecule has 0 spiro atoms. The molecule has 3 nitrogen and oxygen atoms in total. The van der Waals surface area contributed by atoms with Crippen LogP contribution in [-0.4, -0.2) is 13.1 Å². The minimum atomic E-state index is -0.499. The average Bonchev–Trinajstić information content (AvgIpc) is 2.37. The molecule has 0 amide bonds. The highest BCUT2D eigenvalue weighted by Crippen LogP contribution is 2.26. The van der Waals surface area contributed by atoms with E-state index in [0.717, 1.165) is 0 Å². The molecule has 2 aromatic rings. The molecule has 0 aromatic heterocycles. The fourth-order valence-corrected chi connectivity index (χ4v) is 1.75. The molecule has 18 heavy (non-hydrogen) atoms. The van der Waals surface area contributed by atoms with Crippen molar-refractivity contribution in [3.8, 4) is 11.1 Å². The Morgan fingerprint density at radius 1 is 1.22 bits per heavy atom. The smallest absolute Gasteiger partial charge is 0.338 e. The van der Waals surface area contributed by atoms with Gasteiger partial charge in [-0.3, -0.25) is 0 Å². The number of carbonyl (C=O) groups excluding carboxylic acids is 1.